The van der Waals surface area contributed by atoms with E-state index in [1.807, 2.05) is 31.2 Å². The van der Waals surface area contributed by atoms with Crippen LogP contribution in [-0.2, 0) is 4.79 Å². The molecule has 1 aliphatic heterocycles. The molecule has 0 spiro atoms. The molecule has 0 unspecified atom stereocenters. The van der Waals surface area contributed by atoms with Gasteiger partial charge in [-0.15, -0.1) is 0 Å². The fourth-order valence-corrected chi connectivity index (χ4v) is 2.19. The maximum atomic E-state index is 12.1. The highest BCUT2D eigenvalue weighted by Gasteiger charge is 2.33. The van der Waals surface area contributed by atoms with Crippen LogP contribution >= 0.6 is 0 Å². The van der Waals surface area contributed by atoms with Crippen molar-refractivity contribution in [3.8, 4) is 0 Å². The minimum Gasteiger partial charge on any atom is -0.481 e. The van der Waals surface area contributed by atoms with Gasteiger partial charge in [0.1, 0.15) is 0 Å². The molecule has 1 aromatic carbocycles. The molecule has 2 amide bonds. The summed E-state index contributed by atoms with van der Waals surface area (Å²) in [6, 6.07) is 7.65. The maximum absolute atomic E-state index is 12.1. The summed E-state index contributed by atoms with van der Waals surface area (Å²) in [5, 5.41) is 8.67. The predicted octanol–water partition coefficient (Wildman–Crippen LogP) is 1.96. The van der Waals surface area contributed by atoms with Gasteiger partial charge < -0.3 is 10.0 Å². The highest BCUT2D eigenvalue weighted by atomic mass is 16.4. The second-order valence-electron chi connectivity index (χ2n) is 5.05. The Morgan fingerprint density at radius 3 is 2.42 bits per heavy atom. The van der Waals surface area contributed by atoms with E-state index in [0.29, 0.717) is 13.1 Å². The first-order valence-corrected chi connectivity index (χ1v) is 6.28. The number of nitrogens with zero attached hydrogens (tertiary/aromatic N) is 2. The van der Waals surface area contributed by atoms with Crippen molar-refractivity contribution >= 4 is 17.7 Å². The molecule has 0 aliphatic carbocycles. The van der Waals surface area contributed by atoms with Crippen molar-refractivity contribution in [2.45, 2.75) is 13.3 Å². The van der Waals surface area contributed by atoms with Crippen LogP contribution in [0, 0.1) is 12.8 Å². The number of amides is 2. The Morgan fingerprint density at radius 2 is 1.89 bits per heavy atom. The van der Waals surface area contributed by atoms with Crippen molar-refractivity contribution in [3.05, 3.63) is 29.8 Å². The smallest absolute Gasteiger partial charge is 0.324 e. The largest absolute Gasteiger partial charge is 0.481 e. The first kappa shape index (κ1) is 13.4. The molecule has 102 valence electrons. The number of likely N-dealkylation sites (tertiary alicyclic amines) is 1. The van der Waals surface area contributed by atoms with Gasteiger partial charge in [-0.25, -0.2) is 4.79 Å². The van der Waals surface area contributed by atoms with E-state index < -0.39 is 5.97 Å². The first-order chi connectivity index (χ1) is 8.97. The minimum absolute atomic E-state index is 0.0782. The van der Waals surface area contributed by atoms with Crippen molar-refractivity contribution < 1.29 is 14.7 Å². The molecule has 1 aromatic rings. The second-order valence-corrected chi connectivity index (χ2v) is 5.05. The van der Waals surface area contributed by atoms with Crippen molar-refractivity contribution in [3.63, 3.8) is 0 Å². The molecule has 0 atom stereocenters. The van der Waals surface area contributed by atoms with Crippen LogP contribution in [0.25, 0.3) is 0 Å². The summed E-state index contributed by atoms with van der Waals surface area (Å²) >= 11 is 0. The standard InChI is InChI=1S/C14H18N2O3/c1-10-3-5-12(6-4-10)15(2)14(19)16-8-11(9-16)7-13(17)18/h3-6,11H,7-9H2,1-2H3,(H,17,18). The first-order valence-electron chi connectivity index (χ1n) is 6.28. The third kappa shape index (κ3) is 3.05. The zero-order chi connectivity index (χ0) is 14.0. The van der Waals surface area contributed by atoms with E-state index in [1.54, 1.807) is 16.8 Å². The van der Waals surface area contributed by atoms with E-state index in [1.165, 1.54) is 0 Å². The van der Waals surface area contributed by atoms with E-state index in [0.717, 1.165) is 11.3 Å². The Bertz CT molecular complexity index is 478. The quantitative estimate of drug-likeness (QED) is 0.905. The summed E-state index contributed by atoms with van der Waals surface area (Å²) < 4.78 is 0. The average Bonchev–Trinajstić information content (AvgIpc) is 2.32. The molecular weight excluding hydrogens is 244 g/mol. The van der Waals surface area contributed by atoms with Gasteiger partial charge in [0.2, 0.25) is 0 Å². The molecule has 2 rings (SSSR count). The number of anilines is 1. The Kier molecular flexibility index (Phi) is 3.74. The molecule has 1 N–H and O–H groups in total. The fourth-order valence-electron chi connectivity index (χ4n) is 2.19. The van der Waals surface area contributed by atoms with Crippen LogP contribution in [0.3, 0.4) is 0 Å². The molecule has 5 heteroatoms. The van der Waals surface area contributed by atoms with Gasteiger partial charge in [0.15, 0.2) is 0 Å². The number of benzene rings is 1. The molecule has 0 aromatic heterocycles. The van der Waals surface area contributed by atoms with Gasteiger partial charge in [-0.1, -0.05) is 17.7 Å². The van der Waals surface area contributed by atoms with Crippen molar-refractivity contribution in [2.75, 3.05) is 25.0 Å². The molecular formula is C14H18N2O3. The molecule has 1 fully saturated rings. The lowest BCUT2D eigenvalue weighted by Crippen LogP contribution is -2.54. The number of hydrogen-bond acceptors (Lipinski definition) is 2. The monoisotopic (exact) mass is 262 g/mol. The van der Waals surface area contributed by atoms with Gasteiger partial charge in [-0.2, -0.15) is 0 Å². The SMILES string of the molecule is Cc1ccc(N(C)C(=O)N2CC(CC(=O)O)C2)cc1. The van der Waals surface area contributed by atoms with Crippen LogP contribution in [0.4, 0.5) is 10.5 Å². The van der Waals surface area contributed by atoms with E-state index in [-0.39, 0.29) is 18.4 Å². The lowest BCUT2D eigenvalue weighted by molar-refractivity contribution is -0.139. The number of carboxylic acid groups (broad SMARTS) is 1. The number of carbonyl (C=O) groups is 2. The summed E-state index contributed by atoms with van der Waals surface area (Å²) in [6.07, 6.45) is 0.137. The number of aryl methyl sites for hydroxylation is 1. The number of urea groups is 1. The van der Waals surface area contributed by atoms with Crippen LogP contribution in [0.2, 0.25) is 0 Å². The highest BCUT2D eigenvalue weighted by Crippen LogP contribution is 2.22. The van der Waals surface area contributed by atoms with Gasteiger partial charge in [0, 0.05) is 31.7 Å². The molecule has 1 aliphatic rings. The summed E-state index contributed by atoms with van der Waals surface area (Å²) in [7, 11) is 1.73. The molecule has 19 heavy (non-hydrogen) atoms. The molecule has 0 radical (unpaired) electrons. The van der Waals surface area contributed by atoms with Crippen LogP contribution in [0.15, 0.2) is 24.3 Å². The summed E-state index contributed by atoms with van der Waals surface area (Å²) in [6.45, 7) is 3.06. The van der Waals surface area contributed by atoms with Crippen molar-refractivity contribution in [2.24, 2.45) is 5.92 Å². The summed E-state index contributed by atoms with van der Waals surface area (Å²) in [4.78, 5) is 26.0. The van der Waals surface area contributed by atoms with Gasteiger partial charge in [-0.05, 0) is 19.1 Å². The van der Waals surface area contributed by atoms with Crippen LogP contribution in [0.1, 0.15) is 12.0 Å². The zero-order valence-corrected chi connectivity index (χ0v) is 11.2. The molecule has 1 heterocycles. The van der Waals surface area contributed by atoms with Gasteiger partial charge in [-0.3, -0.25) is 9.69 Å². The number of rotatable bonds is 3. The molecule has 1 saturated heterocycles. The Labute approximate surface area is 112 Å². The number of carbonyl (C=O) groups excluding carboxylic acids is 1. The summed E-state index contributed by atoms with van der Waals surface area (Å²) in [5.41, 5.74) is 1.99. The van der Waals surface area contributed by atoms with E-state index in [9.17, 15) is 9.59 Å². The number of hydrogen-bond donors (Lipinski definition) is 1. The number of aliphatic carboxylic acids is 1. The van der Waals surface area contributed by atoms with E-state index in [4.69, 9.17) is 5.11 Å². The molecule has 0 bridgehead atoms. The van der Waals surface area contributed by atoms with Gasteiger partial charge >= 0.3 is 12.0 Å². The lowest BCUT2D eigenvalue weighted by atomic mass is 9.97. The van der Waals surface area contributed by atoms with Gasteiger partial charge in [0.05, 0.1) is 6.42 Å². The summed E-state index contributed by atoms with van der Waals surface area (Å²) in [5.74, 6) is -0.711. The minimum atomic E-state index is -0.802. The Hall–Kier alpha value is -2.04. The number of carboxylic acids is 1. The third-order valence-corrected chi connectivity index (χ3v) is 3.40. The van der Waals surface area contributed by atoms with Gasteiger partial charge in [0.25, 0.3) is 0 Å². The molecule has 5 nitrogen and oxygen atoms in total. The Morgan fingerprint density at radius 1 is 1.32 bits per heavy atom. The van der Waals surface area contributed by atoms with Crippen LogP contribution in [0.5, 0.6) is 0 Å². The average molecular weight is 262 g/mol. The van der Waals surface area contributed by atoms with E-state index in [2.05, 4.69) is 0 Å². The molecule has 0 saturated carbocycles. The van der Waals surface area contributed by atoms with Crippen molar-refractivity contribution in [1.82, 2.24) is 4.90 Å². The fraction of sp³-hybridized carbons (Fsp3) is 0.429. The lowest BCUT2D eigenvalue weighted by Gasteiger charge is -2.40. The second kappa shape index (κ2) is 5.30. The Balaban J connectivity index is 1.91. The third-order valence-electron chi connectivity index (χ3n) is 3.40. The van der Waals surface area contributed by atoms with Crippen LogP contribution in [-0.4, -0.2) is 42.1 Å². The van der Waals surface area contributed by atoms with E-state index >= 15 is 0 Å². The van der Waals surface area contributed by atoms with Crippen LogP contribution < -0.4 is 4.90 Å². The topological polar surface area (TPSA) is 60.9 Å². The predicted molar refractivity (Wildman–Crippen MR) is 72.3 cm³/mol. The normalized spacial score (nSPS) is 14.9. The highest BCUT2D eigenvalue weighted by molar-refractivity contribution is 5.92. The zero-order valence-electron chi connectivity index (χ0n) is 11.2. The maximum Gasteiger partial charge on any atom is 0.324 e. The van der Waals surface area contributed by atoms with Crippen molar-refractivity contribution in [1.29, 1.82) is 0 Å².